The van der Waals surface area contributed by atoms with Gasteiger partial charge >= 0.3 is 7.12 Å². The number of hydrogen-bond donors (Lipinski definition) is 2. The molecule has 0 radical (unpaired) electrons. The van der Waals surface area contributed by atoms with E-state index in [1.165, 1.54) is 30.7 Å². The number of nitrogens with zero attached hydrogens (tertiary/aromatic N) is 2. The van der Waals surface area contributed by atoms with Crippen molar-refractivity contribution in [1.29, 1.82) is 0 Å². The first-order valence-electron chi connectivity index (χ1n) is 13.2. The monoisotopic (exact) mass is 610 g/mol. The second-order valence-corrected chi connectivity index (χ2v) is 12.2. The highest BCUT2D eigenvalue weighted by molar-refractivity contribution is 7.89. The van der Waals surface area contributed by atoms with Crippen molar-refractivity contribution in [3.05, 3.63) is 88.7 Å². The summed E-state index contributed by atoms with van der Waals surface area (Å²) in [7, 11) is -6.37. The van der Waals surface area contributed by atoms with Crippen LogP contribution in [0.3, 0.4) is 0 Å². The molecule has 1 fully saturated rings. The van der Waals surface area contributed by atoms with Crippen molar-refractivity contribution in [3.8, 4) is 0 Å². The fourth-order valence-corrected chi connectivity index (χ4v) is 6.22. The van der Waals surface area contributed by atoms with E-state index in [9.17, 15) is 45.2 Å². The van der Waals surface area contributed by atoms with Gasteiger partial charge in [-0.15, -0.1) is 0 Å². The van der Waals surface area contributed by atoms with Crippen LogP contribution in [0.15, 0.2) is 53.4 Å². The van der Waals surface area contributed by atoms with Crippen molar-refractivity contribution in [2.75, 3.05) is 18.5 Å². The summed E-state index contributed by atoms with van der Waals surface area (Å²) in [5.41, 5.74) is 2.17. The van der Waals surface area contributed by atoms with Crippen LogP contribution in [0.5, 0.6) is 0 Å². The Balaban J connectivity index is 1.63. The summed E-state index contributed by atoms with van der Waals surface area (Å²) in [5, 5.41) is 18.8. The van der Waals surface area contributed by atoms with Crippen molar-refractivity contribution < 1.29 is 45.2 Å². The third-order valence-electron chi connectivity index (χ3n) is 7.40. The molecule has 14 heteroatoms. The van der Waals surface area contributed by atoms with E-state index >= 15 is 0 Å². The number of anilines is 1. The highest BCUT2D eigenvalue weighted by Crippen LogP contribution is 2.33. The minimum Gasteiger partial charge on any atom is -0.423 e. The molecular formula is C28H28BF5N2O5S. The topological polar surface area (TPSA) is 98.2 Å². The summed E-state index contributed by atoms with van der Waals surface area (Å²) in [6.07, 6.45) is 5.66. The Hall–Kier alpha value is -3.33. The second-order valence-electron chi connectivity index (χ2n) is 10.2. The van der Waals surface area contributed by atoms with Crippen molar-refractivity contribution in [1.82, 2.24) is 4.31 Å². The van der Waals surface area contributed by atoms with E-state index in [4.69, 9.17) is 0 Å². The van der Waals surface area contributed by atoms with E-state index in [2.05, 4.69) is 0 Å². The van der Waals surface area contributed by atoms with Crippen molar-refractivity contribution in [2.24, 2.45) is 0 Å². The molecule has 42 heavy (non-hydrogen) atoms. The molecule has 7 nitrogen and oxygen atoms in total. The quantitative estimate of drug-likeness (QED) is 0.166. The minimum atomic E-state index is -5.36. The second kappa shape index (κ2) is 12.9. The average Bonchev–Trinajstić information content (AvgIpc) is 2.98. The van der Waals surface area contributed by atoms with E-state index < -0.39 is 63.6 Å². The zero-order valence-electron chi connectivity index (χ0n) is 22.5. The van der Waals surface area contributed by atoms with Gasteiger partial charge in [-0.1, -0.05) is 55.7 Å². The first kappa shape index (κ1) is 31.6. The van der Waals surface area contributed by atoms with Crippen molar-refractivity contribution in [2.45, 2.75) is 49.5 Å². The van der Waals surface area contributed by atoms with Gasteiger partial charge in [0.25, 0.3) is 0 Å². The number of benzene rings is 3. The molecule has 0 heterocycles. The molecule has 0 aliphatic heterocycles. The zero-order chi connectivity index (χ0) is 30.8. The summed E-state index contributed by atoms with van der Waals surface area (Å²) >= 11 is 0. The van der Waals surface area contributed by atoms with E-state index in [1.807, 2.05) is 24.3 Å². The SMILES string of the molecule is CN(CC(=O)N(Cc1ccc(C2CCCCC2)cc1)c1ccc(B(O)O)cc1)S(=O)(=O)c1c(F)c(F)c(F)c(F)c1F. The Morgan fingerprint density at radius 3 is 1.88 bits per heavy atom. The molecule has 0 unspecified atom stereocenters. The van der Waals surface area contributed by atoms with Gasteiger partial charge in [0.15, 0.2) is 28.2 Å². The lowest BCUT2D eigenvalue weighted by Crippen LogP contribution is -2.41. The Morgan fingerprint density at radius 2 is 1.36 bits per heavy atom. The number of halogens is 5. The molecule has 4 rings (SSSR count). The maximum atomic E-state index is 14.3. The Labute approximate surface area is 240 Å². The number of carbonyl (C=O) groups is 1. The predicted molar refractivity (Wildman–Crippen MR) is 146 cm³/mol. The predicted octanol–water partition coefficient (Wildman–Crippen LogP) is 3.96. The summed E-state index contributed by atoms with van der Waals surface area (Å²) < 4.78 is 95.6. The third-order valence-corrected chi connectivity index (χ3v) is 9.22. The van der Waals surface area contributed by atoms with Gasteiger partial charge < -0.3 is 14.9 Å². The lowest BCUT2D eigenvalue weighted by molar-refractivity contribution is -0.118. The standard InChI is InChI=1S/C28H28BF5N2O5S/c1-35(42(40,41)28-26(33)24(31)23(30)25(32)27(28)34)16-22(37)36(21-13-11-20(12-14-21)29(38)39)15-17-7-9-19(10-8-17)18-5-3-2-4-6-18/h7-14,18,38-39H,2-6,15-16H2,1H3. The first-order valence-corrected chi connectivity index (χ1v) is 14.6. The van der Waals surface area contributed by atoms with Crippen LogP contribution >= 0.6 is 0 Å². The van der Waals surface area contributed by atoms with Crippen molar-refractivity contribution >= 4 is 34.2 Å². The van der Waals surface area contributed by atoms with Crippen LogP contribution in [0.1, 0.15) is 49.1 Å². The maximum absolute atomic E-state index is 14.3. The average molecular weight is 610 g/mol. The van der Waals surface area contributed by atoms with Crippen LogP contribution in [0.4, 0.5) is 27.6 Å². The van der Waals surface area contributed by atoms with Crippen LogP contribution in [0, 0.1) is 29.1 Å². The van der Waals surface area contributed by atoms with Gasteiger partial charge in [-0.25, -0.2) is 30.4 Å². The van der Waals surface area contributed by atoms with Gasteiger partial charge in [-0.05, 0) is 47.5 Å². The molecule has 1 aliphatic carbocycles. The molecular weight excluding hydrogens is 582 g/mol. The van der Waals surface area contributed by atoms with Gasteiger partial charge in [-0.2, -0.15) is 4.31 Å². The molecule has 1 aliphatic rings. The number of carbonyl (C=O) groups excluding carboxylic acids is 1. The molecule has 1 saturated carbocycles. The van der Waals surface area contributed by atoms with E-state index in [-0.39, 0.29) is 22.0 Å². The number of likely N-dealkylation sites (N-methyl/N-ethyl adjacent to an activating group) is 1. The number of rotatable bonds is 9. The molecule has 0 atom stereocenters. The molecule has 0 aromatic heterocycles. The number of amides is 1. The molecule has 0 saturated heterocycles. The molecule has 0 bridgehead atoms. The van der Waals surface area contributed by atoms with Crippen LogP contribution < -0.4 is 10.4 Å². The molecule has 224 valence electrons. The zero-order valence-corrected chi connectivity index (χ0v) is 23.4. The van der Waals surface area contributed by atoms with Crippen LogP contribution in [-0.2, 0) is 21.4 Å². The van der Waals surface area contributed by atoms with Crippen LogP contribution in [0.25, 0.3) is 0 Å². The van der Waals surface area contributed by atoms with Crippen molar-refractivity contribution in [3.63, 3.8) is 0 Å². The number of hydrogen-bond acceptors (Lipinski definition) is 5. The summed E-state index contributed by atoms with van der Waals surface area (Å²) in [6, 6.07) is 13.0. The Morgan fingerprint density at radius 1 is 0.833 bits per heavy atom. The molecule has 3 aromatic rings. The molecule has 1 amide bonds. The smallest absolute Gasteiger partial charge is 0.423 e. The van der Waals surface area contributed by atoms with Crippen LogP contribution in [-0.4, -0.2) is 49.4 Å². The van der Waals surface area contributed by atoms with Gasteiger partial charge in [0.2, 0.25) is 21.7 Å². The lowest BCUT2D eigenvalue weighted by atomic mass is 9.80. The largest absolute Gasteiger partial charge is 0.488 e. The Kier molecular flexibility index (Phi) is 9.71. The molecule has 2 N–H and O–H groups in total. The van der Waals surface area contributed by atoms with Gasteiger partial charge in [0, 0.05) is 12.7 Å². The van der Waals surface area contributed by atoms with E-state index in [1.54, 1.807) is 0 Å². The minimum absolute atomic E-state index is 0.0682. The normalized spacial score (nSPS) is 14.3. The van der Waals surface area contributed by atoms with Gasteiger partial charge in [0.05, 0.1) is 13.1 Å². The van der Waals surface area contributed by atoms with Crippen LogP contribution in [0.2, 0.25) is 0 Å². The maximum Gasteiger partial charge on any atom is 0.488 e. The van der Waals surface area contributed by atoms with E-state index in [0.29, 0.717) is 11.5 Å². The summed E-state index contributed by atoms with van der Waals surface area (Å²) in [4.78, 5) is 12.5. The molecule has 0 spiro atoms. The first-order chi connectivity index (χ1) is 19.8. The summed E-state index contributed by atoms with van der Waals surface area (Å²) in [5.74, 6) is -12.9. The van der Waals surface area contributed by atoms with Gasteiger partial charge in [-0.3, -0.25) is 4.79 Å². The number of sulfonamides is 1. The molecule has 3 aromatic carbocycles. The Bertz CT molecular complexity index is 1520. The summed E-state index contributed by atoms with van der Waals surface area (Å²) in [6.45, 7) is -1.09. The third kappa shape index (κ3) is 6.51. The highest BCUT2D eigenvalue weighted by Gasteiger charge is 2.37. The van der Waals surface area contributed by atoms with E-state index in [0.717, 1.165) is 43.2 Å². The fraction of sp³-hybridized carbons (Fsp3) is 0.321. The fourth-order valence-electron chi connectivity index (χ4n) is 4.99. The highest BCUT2D eigenvalue weighted by atomic mass is 32.2. The van der Waals surface area contributed by atoms with Gasteiger partial charge in [0.1, 0.15) is 0 Å². The lowest BCUT2D eigenvalue weighted by Gasteiger charge is -2.27.